The molecule has 0 aliphatic heterocycles. The molecule has 7 N–H and O–H groups in total. The Morgan fingerprint density at radius 1 is 0.976 bits per heavy atom. The minimum atomic E-state index is -1.30. The molecular formula is C28H36N6O7. The van der Waals surface area contributed by atoms with E-state index in [1.54, 1.807) is 30.5 Å². The number of hydrogen-bond donors (Lipinski definition) is 7. The fourth-order valence-electron chi connectivity index (χ4n) is 4.27. The van der Waals surface area contributed by atoms with Crippen LogP contribution in [-0.4, -0.2) is 55.0 Å². The van der Waals surface area contributed by atoms with Crippen LogP contribution in [0, 0.1) is 0 Å². The summed E-state index contributed by atoms with van der Waals surface area (Å²) in [6, 6.07) is 5.20. The van der Waals surface area contributed by atoms with Gasteiger partial charge < -0.3 is 25.8 Å². The number of anilines is 1. The van der Waals surface area contributed by atoms with Crippen molar-refractivity contribution in [2.75, 3.05) is 5.32 Å². The lowest BCUT2D eigenvalue weighted by Crippen LogP contribution is -2.41. The van der Waals surface area contributed by atoms with Crippen LogP contribution in [0.4, 0.5) is 5.95 Å². The van der Waals surface area contributed by atoms with Gasteiger partial charge in [-0.05, 0) is 36.1 Å². The predicted octanol–water partition coefficient (Wildman–Crippen LogP) is 2.89. The first-order valence-electron chi connectivity index (χ1n) is 13.6. The Bertz CT molecular complexity index is 1410. The number of hydrogen-bond acceptors (Lipinski definition) is 7. The fourth-order valence-corrected chi connectivity index (χ4v) is 4.27. The molecule has 2 amide bonds. The average Bonchev–Trinajstić information content (AvgIpc) is 3.34. The zero-order valence-corrected chi connectivity index (χ0v) is 22.9. The van der Waals surface area contributed by atoms with Gasteiger partial charge in [0, 0.05) is 37.7 Å². The molecule has 0 aliphatic carbocycles. The van der Waals surface area contributed by atoms with Crippen LogP contribution in [0.2, 0.25) is 0 Å². The molecule has 0 spiro atoms. The highest BCUT2D eigenvalue weighted by molar-refractivity contribution is 5.96. The largest absolute Gasteiger partial charge is 0.481 e. The number of carboxylic acid groups (broad SMARTS) is 2. The zero-order valence-electron chi connectivity index (χ0n) is 22.9. The number of benzene rings is 1. The number of amides is 2. The second kappa shape index (κ2) is 15.3. The lowest BCUT2D eigenvalue weighted by atomic mass is 10.1. The van der Waals surface area contributed by atoms with Gasteiger partial charge in [-0.1, -0.05) is 44.7 Å². The number of carbonyl (C=O) groups is 4. The van der Waals surface area contributed by atoms with Crippen molar-refractivity contribution in [3.8, 4) is 0 Å². The van der Waals surface area contributed by atoms with E-state index in [0.717, 1.165) is 37.7 Å². The Morgan fingerprint density at radius 3 is 2.39 bits per heavy atom. The Labute approximate surface area is 236 Å². The molecule has 2 heterocycles. The number of fused-ring (bicyclic) bond motifs is 1. The van der Waals surface area contributed by atoms with E-state index in [9.17, 15) is 29.1 Å². The van der Waals surface area contributed by atoms with Gasteiger partial charge in [-0.3, -0.25) is 29.5 Å². The molecule has 220 valence electrons. The maximum Gasteiger partial charge on any atom is 0.326 e. The van der Waals surface area contributed by atoms with Crippen molar-refractivity contribution < 1.29 is 29.4 Å². The Balaban J connectivity index is 1.52. The van der Waals surface area contributed by atoms with Gasteiger partial charge in [0.15, 0.2) is 0 Å². The van der Waals surface area contributed by atoms with Crippen molar-refractivity contribution in [1.82, 2.24) is 25.6 Å². The highest BCUT2D eigenvalue weighted by atomic mass is 16.4. The molecule has 0 saturated heterocycles. The Hall–Kier alpha value is -4.52. The molecule has 0 aliphatic rings. The van der Waals surface area contributed by atoms with Crippen molar-refractivity contribution in [2.45, 2.75) is 77.4 Å². The normalized spacial score (nSPS) is 11.7. The molecule has 41 heavy (non-hydrogen) atoms. The molecule has 13 heteroatoms. The van der Waals surface area contributed by atoms with Gasteiger partial charge in [-0.2, -0.15) is 4.98 Å². The second-order valence-electron chi connectivity index (χ2n) is 9.76. The third-order valence-electron chi connectivity index (χ3n) is 6.50. The molecule has 0 saturated carbocycles. The lowest BCUT2D eigenvalue weighted by molar-refractivity contribution is -0.140. The maximum absolute atomic E-state index is 12.7. The van der Waals surface area contributed by atoms with Gasteiger partial charge in [0.25, 0.3) is 11.5 Å². The van der Waals surface area contributed by atoms with Crippen LogP contribution in [-0.2, 0) is 27.5 Å². The van der Waals surface area contributed by atoms with E-state index in [2.05, 4.69) is 37.8 Å². The third kappa shape index (κ3) is 9.57. The van der Waals surface area contributed by atoms with E-state index in [0.29, 0.717) is 36.1 Å². The molecule has 3 aromatic rings. The molecule has 0 unspecified atom stereocenters. The molecule has 2 aromatic heterocycles. The van der Waals surface area contributed by atoms with Crippen LogP contribution < -0.4 is 21.5 Å². The van der Waals surface area contributed by atoms with Gasteiger partial charge in [0.1, 0.15) is 11.7 Å². The number of rotatable bonds is 17. The topological polar surface area (TPSA) is 206 Å². The first-order valence-corrected chi connectivity index (χ1v) is 13.6. The number of aromatic nitrogens is 3. The molecule has 0 bridgehead atoms. The number of aromatic amines is 2. The molecule has 1 aromatic carbocycles. The third-order valence-corrected chi connectivity index (χ3v) is 6.50. The molecule has 0 fully saturated rings. The highest BCUT2D eigenvalue weighted by Crippen LogP contribution is 2.14. The molecule has 1 atom stereocenters. The summed E-state index contributed by atoms with van der Waals surface area (Å²) in [5.74, 6) is -3.16. The van der Waals surface area contributed by atoms with Crippen LogP contribution in [0.1, 0.15) is 79.8 Å². The maximum atomic E-state index is 12.7. The molecule has 13 nitrogen and oxygen atoms in total. The molecule has 3 rings (SSSR count). The first-order chi connectivity index (χ1) is 19.7. The minimum Gasteiger partial charge on any atom is -0.481 e. The number of nitrogens with zero attached hydrogens (tertiary/aromatic N) is 1. The zero-order chi connectivity index (χ0) is 29.8. The van der Waals surface area contributed by atoms with Gasteiger partial charge in [-0.25, -0.2) is 4.79 Å². The van der Waals surface area contributed by atoms with Crippen LogP contribution in [0.25, 0.3) is 11.0 Å². The summed E-state index contributed by atoms with van der Waals surface area (Å²) in [4.78, 5) is 69.3. The standard InChI is InChI=1S/C28H36N6O7/c1-2-3-4-5-6-7-21(35)32-28-33-24-23(26(39)34-28)19(16-30-24)15-29-14-17-8-10-18(11-9-17)25(38)31-20(27(40)41)12-13-22(36)37/h8-11,16,20,29H,2-7,12-15H2,1H3,(H,31,38)(H,36,37)(H,40,41)(H3,30,32,33,34,35,39)/t20-/m0/s1. The van der Waals surface area contributed by atoms with Crippen molar-refractivity contribution in [2.24, 2.45) is 0 Å². The summed E-state index contributed by atoms with van der Waals surface area (Å²) < 4.78 is 0. The number of carboxylic acids is 2. The van der Waals surface area contributed by atoms with Crippen molar-refractivity contribution >= 4 is 40.7 Å². The van der Waals surface area contributed by atoms with Gasteiger partial charge in [0.2, 0.25) is 11.9 Å². The lowest BCUT2D eigenvalue weighted by Gasteiger charge is -2.13. The van der Waals surface area contributed by atoms with E-state index in [1.165, 1.54) is 0 Å². The summed E-state index contributed by atoms with van der Waals surface area (Å²) in [6.45, 7) is 2.90. The van der Waals surface area contributed by atoms with E-state index in [4.69, 9.17) is 5.11 Å². The summed E-state index contributed by atoms with van der Waals surface area (Å²) in [7, 11) is 0. The van der Waals surface area contributed by atoms with E-state index < -0.39 is 23.9 Å². The van der Waals surface area contributed by atoms with Crippen LogP contribution in [0.3, 0.4) is 0 Å². The highest BCUT2D eigenvalue weighted by Gasteiger charge is 2.21. The Kier molecular flexibility index (Phi) is 11.6. The van der Waals surface area contributed by atoms with E-state index in [-0.39, 0.29) is 35.8 Å². The van der Waals surface area contributed by atoms with Crippen molar-refractivity contribution in [3.05, 3.63) is 57.5 Å². The summed E-state index contributed by atoms with van der Waals surface area (Å²) in [5, 5.41) is 26.6. The van der Waals surface area contributed by atoms with Crippen molar-refractivity contribution in [3.63, 3.8) is 0 Å². The van der Waals surface area contributed by atoms with Gasteiger partial charge in [-0.15, -0.1) is 0 Å². The monoisotopic (exact) mass is 568 g/mol. The van der Waals surface area contributed by atoms with Gasteiger partial charge in [0.05, 0.1) is 5.39 Å². The Morgan fingerprint density at radius 2 is 1.71 bits per heavy atom. The number of unbranched alkanes of at least 4 members (excludes halogenated alkanes) is 4. The average molecular weight is 569 g/mol. The number of aliphatic carboxylic acids is 2. The second-order valence-corrected chi connectivity index (χ2v) is 9.76. The first kappa shape index (κ1) is 31.0. The summed E-state index contributed by atoms with van der Waals surface area (Å²) >= 11 is 0. The molecule has 0 radical (unpaired) electrons. The van der Waals surface area contributed by atoms with E-state index >= 15 is 0 Å². The summed E-state index contributed by atoms with van der Waals surface area (Å²) in [6.07, 6.45) is 6.60. The predicted molar refractivity (Wildman–Crippen MR) is 151 cm³/mol. The minimum absolute atomic E-state index is 0.100. The van der Waals surface area contributed by atoms with E-state index in [1.807, 2.05) is 0 Å². The molecular weight excluding hydrogens is 532 g/mol. The van der Waals surface area contributed by atoms with Crippen LogP contribution in [0.15, 0.2) is 35.3 Å². The number of carbonyl (C=O) groups excluding carboxylic acids is 2. The fraction of sp³-hybridized carbons (Fsp3) is 0.429. The van der Waals surface area contributed by atoms with Crippen LogP contribution in [0.5, 0.6) is 0 Å². The number of nitrogens with one attached hydrogen (secondary N) is 5. The van der Waals surface area contributed by atoms with Gasteiger partial charge >= 0.3 is 11.9 Å². The smallest absolute Gasteiger partial charge is 0.326 e. The van der Waals surface area contributed by atoms with Crippen LogP contribution >= 0.6 is 0 Å². The quantitative estimate of drug-likeness (QED) is 0.119. The van der Waals surface area contributed by atoms with Crippen molar-refractivity contribution in [1.29, 1.82) is 0 Å². The number of H-pyrrole nitrogens is 2. The summed E-state index contributed by atoms with van der Waals surface area (Å²) in [5.41, 5.74) is 1.77. The SMILES string of the molecule is CCCCCCCC(=O)Nc1nc2[nH]cc(CNCc3ccc(C(=O)N[C@@H](CCC(=O)O)C(=O)O)cc3)c2c(=O)[nH]1.